The van der Waals surface area contributed by atoms with Gasteiger partial charge in [0.05, 0.1) is 8.66 Å². The second-order valence-electron chi connectivity index (χ2n) is 4.18. The molecule has 0 saturated carbocycles. The molecule has 1 aliphatic rings. The number of aromatic nitrogens is 3. The molecule has 5 heteroatoms. The van der Waals surface area contributed by atoms with E-state index in [-0.39, 0.29) is 0 Å². The molecule has 3 rings (SSSR count). The van der Waals surface area contributed by atoms with Crippen molar-refractivity contribution in [1.29, 1.82) is 0 Å². The molecule has 1 unspecified atom stereocenters. The zero-order chi connectivity index (χ0) is 11.1. The molecule has 0 aliphatic carbocycles. The fourth-order valence-electron chi connectivity index (χ4n) is 2.20. The number of hydrogen-bond donors (Lipinski definition) is 0. The molecule has 1 aliphatic heterocycles. The first-order chi connectivity index (χ1) is 7.75. The number of hydrogen-bond acceptors (Lipinski definition) is 3. The Morgan fingerprint density at radius 1 is 1.44 bits per heavy atom. The standard InChI is InChI=1S/C11H12BrN3S/c1-7-3-2-6-15-10(7)13-14-11(15)8-4-5-9(12)16-8/h4-5,7H,2-3,6H2,1H3. The molecule has 3 heterocycles. The van der Waals surface area contributed by atoms with E-state index in [1.165, 1.54) is 17.7 Å². The Labute approximate surface area is 107 Å². The number of thiophene rings is 1. The van der Waals surface area contributed by atoms with Crippen molar-refractivity contribution in [3.63, 3.8) is 0 Å². The third kappa shape index (κ3) is 1.62. The Bertz CT molecular complexity index is 517. The lowest BCUT2D eigenvalue weighted by atomic mass is 10.0. The summed E-state index contributed by atoms with van der Waals surface area (Å²) in [5.41, 5.74) is 0. The largest absolute Gasteiger partial charge is 0.310 e. The van der Waals surface area contributed by atoms with Crippen molar-refractivity contribution in [2.75, 3.05) is 0 Å². The molecular weight excluding hydrogens is 286 g/mol. The molecule has 0 amide bonds. The predicted octanol–water partition coefficient (Wildman–Crippen LogP) is 3.67. The van der Waals surface area contributed by atoms with Gasteiger partial charge in [0.2, 0.25) is 0 Å². The van der Waals surface area contributed by atoms with Crippen LogP contribution in [0.1, 0.15) is 31.5 Å². The summed E-state index contributed by atoms with van der Waals surface area (Å²) in [6.45, 7) is 3.28. The fourth-order valence-corrected chi connectivity index (χ4v) is 3.58. The maximum atomic E-state index is 4.33. The lowest BCUT2D eigenvalue weighted by molar-refractivity contribution is 0.466. The van der Waals surface area contributed by atoms with E-state index in [1.54, 1.807) is 11.3 Å². The van der Waals surface area contributed by atoms with Gasteiger partial charge in [-0.3, -0.25) is 0 Å². The van der Waals surface area contributed by atoms with E-state index < -0.39 is 0 Å². The highest BCUT2D eigenvalue weighted by molar-refractivity contribution is 9.11. The van der Waals surface area contributed by atoms with Gasteiger partial charge in [0.25, 0.3) is 0 Å². The molecule has 0 bridgehead atoms. The van der Waals surface area contributed by atoms with Gasteiger partial charge in [-0.15, -0.1) is 21.5 Å². The average Bonchev–Trinajstić information content (AvgIpc) is 2.84. The van der Waals surface area contributed by atoms with E-state index in [1.807, 2.05) is 0 Å². The zero-order valence-corrected chi connectivity index (χ0v) is 11.4. The van der Waals surface area contributed by atoms with Crippen LogP contribution in [-0.2, 0) is 6.54 Å². The lowest BCUT2D eigenvalue weighted by Gasteiger charge is -2.19. The van der Waals surface area contributed by atoms with Crippen molar-refractivity contribution in [3.8, 4) is 10.7 Å². The van der Waals surface area contributed by atoms with Crippen molar-refractivity contribution < 1.29 is 0 Å². The molecule has 2 aromatic heterocycles. The van der Waals surface area contributed by atoms with Crippen LogP contribution in [0, 0.1) is 0 Å². The van der Waals surface area contributed by atoms with Gasteiger partial charge >= 0.3 is 0 Å². The van der Waals surface area contributed by atoms with E-state index in [2.05, 4.69) is 49.8 Å². The van der Waals surface area contributed by atoms with Gasteiger partial charge in [0, 0.05) is 12.5 Å². The van der Waals surface area contributed by atoms with Gasteiger partial charge in [0.15, 0.2) is 5.82 Å². The number of nitrogens with zero attached hydrogens (tertiary/aromatic N) is 3. The van der Waals surface area contributed by atoms with Crippen LogP contribution < -0.4 is 0 Å². The monoisotopic (exact) mass is 297 g/mol. The maximum Gasteiger partial charge on any atom is 0.174 e. The third-order valence-corrected chi connectivity index (χ3v) is 4.65. The maximum absolute atomic E-state index is 4.33. The Hall–Kier alpha value is -0.680. The van der Waals surface area contributed by atoms with Crippen LogP contribution in [0.5, 0.6) is 0 Å². The van der Waals surface area contributed by atoms with E-state index >= 15 is 0 Å². The van der Waals surface area contributed by atoms with E-state index in [0.717, 1.165) is 22.0 Å². The van der Waals surface area contributed by atoms with Crippen molar-refractivity contribution in [1.82, 2.24) is 14.8 Å². The average molecular weight is 298 g/mol. The SMILES string of the molecule is CC1CCCn2c(-c3ccc(Br)s3)nnc21. The zero-order valence-electron chi connectivity index (χ0n) is 8.98. The molecule has 3 nitrogen and oxygen atoms in total. The number of halogens is 1. The summed E-state index contributed by atoms with van der Waals surface area (Å²) in [7, 11) is 0. The molecule has 1 atom stereocenters. The molecule has 0 fully saturated rings. The Kier molecular flexibility index (Phi) is 2.59. The van der Waals surface area contributed by atoms with Gasteiger partial charge in [-0.2, -0.15) is 0 Å². The van der Waals surface area contributed by atoms with Crippen LogP contribution in [0.25, 0.3) is 10.7 Å². The van der Waals surface area contributed by atoms with Crippen LogP contribution in [0.3, 0.4) is 0 Å². The minimum absolute atomic E-state index is 0.540. The van der Waals surface area contributed by atoms with Crippen LogP contribution in [0.2, 0.25) is 0 Å². The first kappa shape index (κ1) is 10.5. The molecule has 2 aromatic rings. The third-order valence-electron chi connectivity index (χ3n) is 3.03. The van der Waals surface area contributed by atoms with Gasteiger partial charge < -0.3 is 4.57 Å². The minimum Gasteiger partial charge on any atom is -0.310 e. The van der Waals surface area contributed by atoms with Crippen molar-refractivity contribution in [2.24, 2.45) is 0 Å². The highest BCUT2D eigenvalue weighted by Crippen LogP contribution is 2.34. The number of fused-ring (bicyclic) bond motifs is 1. The molecular formula is C11H12BrN3S. The second kappa shape index (κ2) is 3.96. The summed E-state index contributed by atoms with van der Waals surface area (Å²) in [6, 6.07) is 4.17. The van der Waals surface area contributed by atoms with Gasteiger partial charge in [-0.05, 0) is 40.9 Å². The lowest BCUT2D eigenvalue weighted by Crippen LogP contribution is -2.14. The van der Waals surface area contributed by atoms with Crippen molar-refractivity contribution in [3.05, 3.63) is 21.7 Å². The minimum atomic E-state index is 0.540. The summed E-state index contributed by atoms with van der Waals surface area (Å²) < 4.78 is 3.41. The Morgan fingerprint density at radius 3 is 3.06 bits per heavy atom. The molecule has 0 spiro atoms. The summed E-state index contributed by atoms with van der Waals surface area (Å²) in [4.78, 5) is 1.19. The quantitative estimate of drug-likeness (QED) is 0.804. The molecule has 16 heavy (non-hydrogen) atoms. The molecule has 0 N–H and O–H groups in total. The van der Waals surface area contributed by atoms with Gasteiger partial charge in [-0.25, -0.2) is 0 Å². The van der Waals surface area contributed by atoms with Crippen LogP contribution in [0.4, 0.5) is 0 Å². The molecule has 0 aromatic carbocycles. The summed E-state index contributed by atoms with van der Waals surface area (Å²) in [6.07, 6.45) is 2.46. The topological polar surface area (TPSA) is 30.7 Å². The highest BCUT2D eigenvalue weighted by atomic mass is 79.9. The highest BCUT2D eigenvalue weighted by Gasteiger charge is 2.22. The van der Waals surface area contributed by atoms with E-state index in [4.69, 9.17) is 0 Å². The van der Waals surface area contributed by atoms with Crippen LogP contribution in [0.15, 0.2) is 15.9 Å². The van der Waals surface area contributed by atoms with Gasteiger partial charge in [0.1, 0.15) is 5.82 Å². The molecule has 0 saturated heterocycles. The molecule has 0 radical (unpaired) electrons. The summed E-state index contributed by atoms with van der Waals surface area (Å²) in [5, 5.41) is 8.66. The Morgan fingerprint density at radius 2 is 2.31 bits per heavy atom. The number of rotatable bonds is 1. The summed E-state index contributed by atoms with van der Waals surface area (Å²) in [5.74, 6) is 2.71. The second-order valence-corrected chi connectivity index (χ2v) is 6.64. The van der Waals surface area contributed by atoms with E-state index in [0.29, 0.717) is 5.92 Å². The van der Waals surface area contributed by atoms with Crippen LogP contribution >= 0.6 is 27.3 Å². The Balaban J connectivity index is 2.09. The fraction of sp³-hybridized carbons (Fsp3) is 0.455. The van der Waals surface area contributed by atoms with Crippen molar-refractivity contribution in [2.45, 2.75) is 32.2 Å². The van der Waals surface area contributed by atoms with E-state index in [9.17, 15) is 0 Å². The predicted molar refractivity (Wildman–Crippen MR) is 68.7 cm³/mol. The van der Waals surface area contributed by atoms with Crippen molar-refractivity contribution >= 4 is 27.3 Å². The summed E-state index contributed by atoms with van der Waals surface area (Å²) >= 11 is 5.20. The smallest absolute Gasteiger partial charge is 0.174 e. The van der Waals surface area contributed by atoms with Gasteiger partial charge in [-0.1, -0.05) is 6.92 Å². The normalized spacial score (nSPS) is 19.8. The first-order valence-electron chi connectivity index (χ1n) is 5.44. The first-order valence-corrected chi connectivity index (χ1v) is 7.05. The van der Waals surface area contributed by atoms with Crippen LogP contribution in [-0.4, -0.2) is 14.8 Å². The molecule has 84 valence electrons.